The molecule has 1 unspecified atom stereocenters. The van der Waals surface area contributed by atoms with Crippen LogP contribution in [0.2, 0.25) is 0 Å². The fraction of sp³-hybridized carbons (Fsp3) is 0.917. The van der Waals surface area contributed by atoms with Gasteiger partial charge < -0.3 is 10.2 Å². The summed E-state index contributed by atoms with van der Waals surface area (Å²) in [5.74, 6) is 0.347. The summed E-state index contributed by atoms with van der Waals surface area (Å²) in [6.45, 7) is 7.09. The number of nitrogens with zero attached hydrogens (tertiary/aromatic N) is 1. The van der Waals surface area contributed by atoms with Crippen LogP contribution in [0.25, 0.3) is 0 Å². The highest BCUT2D eigenvalue weighted by Gasteiger charge is 2.21. The molecule has 1 rings (SSSR count). The number of carbonyl (C=O) groups excluding carboxylic acids is 1. The van der Waals surface area contributed by atoms with E-state index in [4.69, 9.17) is 0 Å². The maximum Gasteiger partial charge on any atom is 0.222 e. The number of hydrogen-bond acceptors (Lipinski definition) is 2. The fourth-order valence-corrected chi connectivity index (χ4v) is 2.08. The quantitative estimate of drug-likeness (QED) is 0.753. The summed E-state index contributed by atoms with van der Waals surface area (Å²) in [7, 11) is 0. The Balaban J connectivity index is 2.31. The molecule has 0 aromatic rings. The van der Waals surface area contributed by atoms with Crippen molar-refractivity contribution in [2.75, 3.05) is 19.6 Å². The molecule has 0 bridgehead atoms. The maximum atomic E-state index is 11.8. The van der Waals surface area contributed by atoms with Crippen LogP contribution in [-0.4, -0.2) is 36.5 Å². The van der Waals surface area contributed by atoms with Crippen molar-refractivity contribution in [2.24, 2.45) is 0 Å². The van der Waals surface area contributed by atoms with Crippen molar-refractivity contribution in [3.8, 4) is 0 Å². The smallest absolute Gasteiger partial charge is 0.222 e. The summed E-state index contributed by atoms with van der Waals surface area (Å²) >= 11 is 0. The lowest BCUT2D eigenvalue weighted by atomic mass is 10.1. The lowest BCUT2D eigenvalue weighted by Gasteiger charge is -2.33. The van der Waals surface area contributed by atoms with Gasteiger partial charge in [0.15, 0.2) is 0 Å². The summed E-state index contributed by atoms with van der Waals surface area (Å²) in [6, 6.07) is 0.523. The second-order valence-corrected chi connectivity index (χ2v) is 4.38. The zero-order chi connectivity index (χ0) is 11.1. The number of carbonyl (C=O) groups is 1. The molecule has 3 heteroatoms. The van der Waals surface area contributed by atoms with Gasteiger partial charge in [-0.3, -0.25) is 4.79 Å². The van der Waals surface area contributed by atoms with E-state index in [-0.39, 0.29) is 0 Å². The van der Waals surface area contributed by atoms with Crippen LogP contribution in [0, 0.1) is 0 Å². The van der Waals surface area contributed by atoms with Crippen LogP contribution in [0.5, 0.6) is 0 Å². The topological polar surface area (TPSA) is 32.3 Å². The lowest BCUT2D eigenvalue weighted by Crippen LogP contribution is -2.52. The average molecular weight is 212 g/mol. The molecule has 1 atom stereocenters. The number of piperazine rings is 1. The van der Waals surface area contributed by atoms with Gasteiger partial charge in [-0.1, -0.05) is 26.7 Å². The predicted molar refractivity (Wildman–Crippen MR) is 62.8 cm³/mol. The van der Waals surface area contributed by atoms with E-state index in [1.807, 2.05) is 4.90 Å². The molecule has 1 heterocycles. The van der Waals surface area contributed by atoms with Crippen molar-refractivity contribution < 1.29 is 4.79 Å². The molecule has 1 saturated heterocycles. The van der Waals surface area contributed by atoms with Crippen LogP contribution < -0.4 is 5.32 Å². The molecule has 1 fully saturated rings. The monoisotopic (exact) mass is 212 g/mol. The van der Waals surface area contributed by atoms with Crippen LogP contribution in [0.15, 0.2) is 0 Å². The zero-order valence-corrected chi connectivity index (χ0v) is 10.1. The predicted octanol–water partition coefficient (Wildman–Crippen LogP) is 1.78. The van der Waals surface area contributed by atoms with Crippen molar-refractivity contribution in [2.45, 2.75) is 52.0 Å². The van der Waals surface area contributed by atoms with E-state index >= 15 is 0 Å². The molecule has 0 aliphatic carbocycles. The van der Waals surface area contributed by atoms with E-state index in [0.717, 1.165) is 38.9 Å². The molecular weight excluding hydrogens is 188 g/mol. The first-order chi connectivity index (χ1) is 7.27. The minimum absolute atomic E-state index is 0.347. The molecule has 0 aromatic carbocycles. The first-order valence-electron chi connectivity index (χ1n) is 6.29. The van der Waals surface area contributed by atoms with Gasteiger partial charge in [0.25, 0.3) is 0 Å². The Bertz CT molecular complexity index is 192. The van der Waals surface area contributed by atoms with Crippen molar-refractivity contribution in [3.05, 3.63) is 0 Å². The second-order valence-electron chi connectivity index (χ2n) is 4.38. The van der Waals surface area contributed by atoms with E-state index in [1.54, 1.807) is 0 Å². The van der Waals surface area contributed by atoms with Crippen molar-refractivity contribution in [1.29, 1.82) is 0 Å². The van der Waals surface area contributed by atoms with Crippen LogP contribution >= 0.6 is 0 Å². The fourth-order valence-electron chi connectivity index (χ4n) is 2.08. The maximum absolute atomic E-state index is 11.8. The highest BCUT2D eigenvalue weighted by atomic mass is 16.2. The number of nitrogens with one attached hydrogen (secondary N) is 1. The zero-order valence-electron chi connectivity index (χ0n) is 10.1. The van der Waals surface area contributed by atoms with Gasteiger partial charge in [-0.25, -0.2) is 0 Å². The average Bonchev–Trinajstić information content (AvgIpc) is 2.27. The summed E-state index contributed by atoms with van der Waals surface area (Å²) in [5, 5.41) is 3.47. The van der Waals surface area contributed by atoms with E-state index in [2.05, 4.69) is 19.2 Å². The SMILES string of the molecule is CCCCC(=O)N1CCNC(CCC)C1. The van der Waals surface area contributed by atoms with Gasteiger partial charge in [0, 0.05) is 32.1 Å². The third kappa shape index (κ3) is 4.20. The van der Waals surface area contributed by atoms with Gasteiger partial charge >= 0.3 is 0 Å². The molecule has 1 aliphatic rings. The Morgan fingerprint density at radius 1 is 1.40 bits per heavy atom. The van der Waals surface area contributed by atoms with Gasteiger partial charge in [0.05, 0.1) is 0 Å². The largest absolute Gasteiger partial charge is 0.340 e. The minimum atomic E-state index is 0.347. The van der Waals surface area contributed by atoms with Crippen molar-refractivity contribution in [3.63, 3.8) is 0 Å². The molecule has 88 valence electrons. The third-order valence-corrected chi connectivity index (χ3v) is 2.99. The van der Waals surface area contributed by atoms with Crippen molar-refractivity contribution >= 4 is 5.91 Å². The molecule has 0 aromatic heterocycles. The van der Waals surface area contributed by atoms with E-state index in [0.29, 0.717) is 11.9 Å². The van der Waals surface area contributed by atoms with Gasteiger partial charge in [-0.15, -0.1) is 0 Å². The molecule has 0 spiro atoms. The number of hydrogen-bond donors (Lipinski definition) is 1. The molecule has 1 N–H and O–H groups in total. The molecule has 0 saturated carbocycles. The standard InChI is InChI=1S/C12H24N2O/c1-3-5-7-12(15)14-9-8-13-11(10-14)6-4-2/h11,13H,3-10H2,1-2H3. The Morgan fingerprint density at radius 3 is 2.87 bits per heavy atom. The van der Waals surface area contributed by atoms with Crippen molar-refractivity contribution in [1.82, 2.24) is 10.2 Å². The van der Waals surface area contributed by atoms with Gasteiger partial charge in [-0.05, 0) is 12.8 Å². The van der Waals surface area contributed by atoms with Crippen LogP contribution in [-0.2, 0) is 4.79 Å². The second kappa shape index (κ2) is 6.83. The molecule has 0 radical (unpaired) electrons. The third-order valence-electron chi connectivity index (χ3n) is 2.99. The van der Waals surface area contributed by atoms with Gasteiger partial charge in [-0.2, -0.15) is 0 Å². The number of rotatable bonds is 5. The van der Waals surface area contributed by atoms with Crippen LogP contribution in [0.3, 0.4) is 0 Å². The normalized spacial score (nSPS) is 21.7. The van der Waals surface area contributed by atoms with E-state index in [9.17, 15) is 4.79 Å². The van der Waals surface area contributed by atoms with Crippen LogP contribution in [0.4, 0.5) is 0 Å². The first-order valence-corrected chi connectivity index (χ1v) is 6.29. The highest BCUT2D eigenvalue weighted by Crippen LogP contribution is 2.08. The van der Waals surface area contributed by atoms with Crippen LogP contribution in [0.1, 0.15) is 46.0 Å². The van der Waals surface area contributed by atoms with Gasteiger partial charge in [0.1, 0.15) is 0 Å². The summed E-state index contributed by atoms with van der Waals surface area (Å²) < 4.78 is 0. The van der Waals surface area contributed by atoms with E-state index < -0.39 is 0 Å². The number of amides is 1. The molecule has 1 aliphatic heterocycles. The minimum Gasteiger partial charge on any atom is -0.340 e. The number of unbranched alkanes of at least 4 members (excludes halogenated alkanes) is 1. The Kier molecular flexibility index (Phi) is 5.69. The molecular formula is C12H24N2O. The highest BCUT2D eigenvalue weighted by molar-refractivity contribution is 5.76. The summed E-state index contributed by atoms with van der Waals surface area (Å²) in [6.07, 6.45) is 5.24. The Labute approximate surface area is 93.2 Å². The summed E-state index contributed by atoms with van der Waals surface area (Å²) in [5.41, 5.74) is 0. The first kappa shape index (κ1) is 12.5. The molecule has 15 heavy (non-hydrogen) atoms. The lowest BCUT2D eigenvalue weighted by molar-refractivity contribution is -0.132. The molecule has 1 amide bonds. The Hall–Kier alpha value is -0.570. The summed E-state index contributed by atoms with van der Waals surface area (Å²) in [4.78, 5) is 13.8. The molecule has 3 nitrogen and oxygen atoms in total. The Morgan fingerprint density at radius 2 is 2.20 bits per heavy atom. The van der Waals surface area contributed by atoms with E-state index in [1.165, 1.54) is 12.8 Å². The van der Waals surface area contributed by atoms with Gasteiger partial charge in [0.2, 0.25) is 5.91 Å².